The van der Waals surface area contributed by atoms with Gasteiger partial charge in [0.05, 0.1) is 0 Å². The molecule has 0 saturated heterocycles. The maximum absolute atomic E-state index is 5.96. The number of hydrogen-bond acceptors (Lipinski definition) is 2. The van der Waals surface area contributed by atoms with E-state index in [1.807, 2.05) is 12.1 Å². The molecule has 1 aromatic heterocycles. The maximum atomic E-state index is 5.96. The normalized spacial score (nSPS) is 10.8. The van der Waals surface area contributed by atoms with Gasteiger partial charge in [-0.15, -0.1) is 0 Å². The molecule has 1 aromatic carbocycles. The Labute approximate surface area is 110 Å². The molecule has 0 aliphatic carbocycles. The van der Waals surface area contributed by atoms with Crippen molar-refractivity contribution in [3.63, 3.8) is 0 Å². The van der Waals surface area contributed by atoms with E-state index in [0.29, 0.717) is 22.3 Å². The molecule has 3 nitrogen and oxygen atoms in total. The van der Waals surface area contributed by atoms with E-state index in [9.17, 15) is 0 Å². The number of aryl methyl sites for hydroxylation is 1. The highest BCUT2D eigenvalue weighted by atomic mass is 35.5. The van der Waals surface area contributed by atoms with Crippen molar-refractivity contribution in [2.24, 2.45) is 0 Å². The van der Waals surface area contributed by atoms with Crippen LogP contribution in [0.5, 0.6) is 0 Å². The van der Waals surface area contributed by atoms with Crippen LogP contribution in [0.2, 0.25) is 10.0 Å². The number of hydrogen-bond donors (Lipinski definition) is 2. The lowest BCUT2D eigenvalue weighted by molar-refractivity contribution is 0.962. The molecular formula is C12H13Cl2N3. The lowest BCUT2D eigenvalue weighted by atomic mass is 10.0. The summed E-state index contributed by atoms with van der Waals surface area (Å²) in [6.45, 7) is 2.06. The van der Waals surface area contributed by atoms with Crippen LogP contribution < -0.4 is 5.73 Å². The van der Waals surface area contributed by atoms with E-state index in [4.69, 9.17) is 28.9 Å². The number of anilines is 1. The van der Waals surface area contributed by atoms with Crippen LogP contribution in [0.4, 0.5) is 5.82 Å². The van der Waals surface area contributed by atoms with Crippen molar-refractivity contribution in [3.05, 3.63) is 45.1 Å². The quantitative estimate of drug-likeness (QED) is 0.897. The summed E-state index contributed by atoms with van der Waals surface area (Å²) in [6, 6.07) is 5.49. The number of nitrogens with two attached hydrogens (primary N) is 1. The largest absolute Gasteiger partial charge is 0.382 e. The van der Waals surface area contributed by atoms with Crippen LogP contribution in [0.25, 0.3) is 0 Å². The molecule has 0 radical (unpaired) electrons. The molecule has 1 heterocycles. The molecule has 17 heavy (non-hydrogen) atoms. The van der Waals surface area contributed by atoms with Crippen molar-refractivity contribution < 1.29 is 0 Å². The molecule has 2 rings (SSSR count). The Hall–Kier alpha value is -1.19. The predicted molar refractivity (Wildman–Crippen MR) is 71.6 cm³/mol. The van der Waals surface area contributed by atoms with Gasteiger partial charge in [0.25, 0.3) is 0 Å². The van der Waals surface area contributed by atoms with Crippen LogP contribution in [0.1, 0.15) is 23.7 Å². The Morgan fingerprint density at radius 1 is 1.24 bits per heavy atom. The fourth-order valence-corrected chi connectivity index (χ4v) is 2.40. The topological polar surface area (TPSA) is 54.7 Å². The lowest BCUT2D eigenvalue weighted by Crippen LogP contribution is -1.96. The first-order valence-electron chi connectivity index (χ1n) is 5.36. The van der Waals surface area contributed by atoms with Crippen LogP contribution in [-0.2, 0) is 12.8 Å². The highest BCUT2D eigenvalue weighted by molar-refractivity contribution is 6.34. The van der Waals surface area contributed by atoms with Gasteiger partial charge in [0.1, 0.15) is 5.82 Å². The van der Waals surface area contributed by atoms with Gasteiger partial charge in [-0.05, 0) is 30.2 Å². The Kier molecular flexibility index (Phi) is 3.60. The average Bonchev–Trinajstić information content (AvgIpc) is 2.59. The summed E-state index contributed by atoms with van der Waals surface area (Å²) in [4.78, 5) is 0. The molecule has 90 valence electrons. The van der Waals surface area contributed by atoms with Gasteiger partial charge in [-0.1, -0.05) is 30.1 Å². The van der Waals surface area contributed by atoms with Crippen molar-refractivity contribution in [2.75, 3.05) is 5.73 Å². The SMILES string of the molecule is CCc1[nH]nc(N)c1Cc1cc(Cl)cc(Cl)c1. The van der Waals surface area contributed by atoms with Gasteiger partial charge in [0.2, 0.25) is 0 Å². The number of rotatable bonds is 3. The molecule has 0 fully saturated rings. The Morgan fingerprint density at radius 2 is 1.88 bits per heavy atom. The molecular weight excluding hydrogens is 257 g/mol. The van der Waals surface area contributed by atoms with E-state index in [-0.39, 0.29) is 0 Å². The van der Waals surface area contributed by atoms with E-state index < -0.39 is 0 Å². The van der Waals surface area contributed by atoms with Crippen LogP contribution >= 0.6 is 23.2 Å². The van der Waals surface area contributed by atoms with Crippen molar-refractivity contribution in [1.82, 2.24) is 10.2 Å². The predicted octanol–water partition coefficient (Wildman–Crippen LogP) is 3.45. The van der Waals surface area contributed by atoms with Crippen molar-refractivity contribution in [3.8, 4) is 0 Å². The van der Waals surface area contributed by atoms with Gasteiger partial charge in [-0.2, -0.15) is 5.10 Å². The van der Waals surface area contributed by atoms with E-state index in [1.54, 1.807) is 6.07 Å². The van der Waals surface area contributed by atoms with Gasteiger partial charge in [0.15, 0.2) is 0 Å². The summed E-state index contributed by atoms with van der Waals surface area (Å²) in [5.41, 5.74) is 8.94. The zero-order valence-corrected chi connectivity index (χ0v) is 10.9. The van der Waals surface area contributed by atoms with Crippen molar-refractivity contribution in [1.29, 1.82) is 0 Å². The zero-order chi connectivity index (χ0) is 12.4. The van der Waals surface area contributed by atoms with E-state index in [2.05, 4.69) is 17.1 Å². The Bertz CT molecular complexity index is 514. The summed E-state index contributed by atoms with van der Waals surface area (Å²) < 4.78 is 0. The lowest BCUT2D eigenvalue weighted by Gasteiger charge is -2.04. The first-order chi connectivity index (χ1) is 8.10. The number of nitrogen functional groups attached to an aromatic ring is 1. The molecule has 0 bridgehead atoms. The minimum atomic E-state index is 0.540. The first-order valence-corrected chi connectivity index (χ1v) is 6.12. The Balaban J connectivity index is 2.33. The number of nitrogens with zero attached hydrogens (tertiary/aromatic N) is 1. The van der Waals surface area contributed by atoms with Gasteiger partial charge in [0, 0.05) is 27.7 Å². The number of aromatic nitrogens is 2. The number of nitrogens with one attached hydrogen (secondary N) is 1. The third-order valence-corrected chi connectivity index (χ3v) is 3.08. The number of H-pyrrole nitrogens is 1. The smallest absolute Gasteiger partial charge is 0.149 e. The molecule has 0 atom stereocenters. The Morgan fingerprint density at radius 3 is 2.47 bits per heavy atom. The summed E-state index contributed by atoms with van der Waals surface area (Å²) in [6.07, 6.45) is 1.56. The summed E-state index contributed by atoms with van der Waals surface area (Å²) in [5, 5.41) is 8.21. The van der Waals surface area contributed by atoms with Gasteiger partial charge in [-0.3, -0.25) is 5.10 Å². The second-order valence-electron chi connectivity index (χ2n) is 3.87. The molecule has 2 aromatic rings. The van der Waals surface area contributed by atoms with Crippen molar-refractivity contribution >= 4 is 29.0 Å². The summed E-state index contributed by atoms with van der Waals surface area (Å²) in [5.74, 6) is 0.540. The monoisotopic (exact) mass is 269 g/mol. The van der Waals surface area contributed by atoms with Crippen LogP contribution in [-0.4, -0.2) is 10.2 Å². The third-order valence-electron chi connectivity index (χ3n) is 2.64. The molecule has 0 aliphatic heterocycles. The highest BCUT2D eigenvalue weighted by Crippen LogP contribution is 2.24. The zero-order valence-electron chi connectivity index (χ0n) is 9.43. The van der Waals surface area contributed by atoms with Crippen LogP contribution in [0.3, 0.4) is 0 Å². The number of aromatic amines is 1. The van der Waals surface area contributed by atoms with Gasteiger partial charge in [-0.25, -0.2) is 0 Å². The number of benzene rings is 1. The second kappa shape index (κ2) is 4.98. The summed E-state index contributed by atoms with van der Waals surface area (Å²) >= 11 is 11.9. The number of halogens is 2. The molecule has 0 spiro atoms. The standard InChI is InChI=1S/C12H13Cl2N3/c1-2-11-10(12(15)17-16-11)5-7-3-8(13)6-9(14)4-7/h3-4,6H,2,5H2,1H3,(H3,15,16,17). The van der Waals surface area contributed by atoms with E-state index >= 15 is 0 Å². The van der Waals surface area contributed by atoms with E-state index in [0.717, 1.165) is 23.2 Å². The van der Waals surface area contributed by atoms with Gasteiger partial charge >= 0.3 is 0 Å². The molecule has 0 saturated carbocycles. The van der Waals surface area contributed by atoms with Crippen molar-refractivity contribution in [2.45, 2.75) is 19.8 Å². The maximum Gasteiger partial charge on any atom is 0.149 e. The first kappa shape index (κ1) is 12.3. The van der Waals surface area contributed by atoms with Crippen LogP contribution in [0, 0.1) is 0 Å². The van der Waals surface area contributed by atoms with E-state index in [1.165, 1.54) is 0 Å². The molecule has 3 N–H and O–H groups in total. The minimum absolute atomic E-state index is 0.540. The fraction of sp³-hybridized carbons (Fsp3) is 0.250. The molecule has 0 amide bonds. The average molecular weight is 270 g/mol. The third kappa shape index (κ3) is 2.73. The molecule has 5 heteroatoms. The van der Waals surface area contributed by atoms with Gasteiger partial charge < -0.3 is 5.73 Å². The minimum Gasteiger partial charge on any atom is -0.382 e. The second-order valence-corrected chi connectivity index (χ2v) is 4.75. The van der Waals surface area contributed by atoms with Crippen LogP contribution in [0.15, 0.2) is 18.2 Å². The fourth-order valence-electron chi connectivity index (χ4n) is 1.82. The highest BCUT2D eigenvalue weighted by Gasteiger charge is 2.10. The summed E-state index contributed by atoms with van der Waals surface area (Å²) in [7, 11) is 0. The molecule has 0 unspecified atom stereocenters. The molecule has 0 aliphatic rings.